The molecule has 0 atom stereocenters. The van der Waals surface area contributed by atoms with Crippen LogP contribution in [0.4, 0.5) is 5.69 Å². The number of thioether (sulfide) groups is 2. The molecule has 0 saturated heterocycles. The predicted octanol–water partition coefficient (Wildman–Crippen LogP) is 5.01. The van der Waals surface area contributed by atoms with Crippen LogP contribution in [-0.2, 0) is 5.75 Å². The number of carbonyl (C=O) groups is 1. The summed E-state index contributed by atoms with van der Waals surface area (Å²) in [6.07, 6.45) is 2.03. The van der Waals surface area contributed by atoms with Gasteiger partial charge in [-0.3, -0.25) is 4.79 Å². The number of aryl methyl sites for hydroxylation is 2. The van der Waals surface area contributed by atoms with Gasteiger partial charge in [-0.2, -0.15) is 4.98 Å². The Morgan fingerprint density at radius 2 is 1.83 bits per heavy atom. The molecule has 6 nitrogen and oxygen atoms in total. The summed E-state index contributed by atoms with van der Waals surface area (Å²) < 4.78 is 1.74. The first-order valence-corrected chi connectivity index (χ1v) is 11.6. The number of rotatable bonds is 6. The lowest BCUT2D eigenvalue weighted by Crippen LogP contribution is -2.14. The minimum atomic E-state index is -0.126. The van der Waals surface area contributed by atoms with Crippen molar-refractivity contribution in [1.82, 2.24) is 19.6 Å². The van der Waals surface area contributed by atoms with Crippen molar-refractivity contribution in [2.24, 2.45) is 0 Å². The van der Waals surface area contributed by atoms with E-state index in [-0.39, 0.29) is 5.91 Å². The van der Waals surface area contributed by atoms with Gasteiger partial charge in [0, 0.05) is 33.3 Å². The maximum atomic E-state index is 12.9. The molecule has 2 heterocycles. The highest BCUT2D eigenvalue weighted by molar-refractivity contribution is 7.98. The lowest BCUT2D eigenvalue weighted by Gasteiger charge is -2.10. The van der Waals surface area contributed by atoms with Crippen molar-refractivity contribution < 1.29 is 4.79 Å². The number of hydrogen-bond acceptors (Lipinski definition) is 6. The van der Waals surface area contributed by atoms with Gasteiger partial charge in [0.1, 0.15) is 0 Å². The molecule has 0 radical (unpaired) electrons. The molecule has 4 rings (SSSR count). The number of nitrogens with one attached hydrogen (secondary N) is 1. The third-order valence-electron chi connectivity index (χ3n) is 4.57. The van der Waals surface area contributed by atoms with Crippen LogP contribution >= 0.6 is 23.5 Å². The Labute approximate surface area is 183 Å². The monoisotopic (exact) mass is 435 g/mol. The van der Waals surface area contributed by atoms with Gasteiger partial charge in [-0.15, -0.1) is 16.9 Å². The lowest BCUT2D eigenvalue weighted by molar-refractivity contribution is 0.102. The maximum Gasteiger partial charge on any atom is 0.255 e. The Kier molecular flexibility index (Phi) is 6.06. The Morgan fingerprint density at radius 3 is 2.60 bits per heavy atom. The van der Waals surface area contributed by atoms with E-state index in [9.17, 15) is 4.79 Å². The first-order chi connectivity index (χ1) is 14.5. The van der Waals surface area contributed by atoms with Crippen LogP contribution in [0.3, 0.4) is 0 Å². The Morgan fingerprint density at radius 1 is 1.07 bits per heavy atom. The van der Waals surface area contributed by atoms with Crippen LogP contribution < -0.4 is 5.32 Å². The fourth-order valence-electron chi connectivity index (χ4n) is 3.09. The Hall–Kier alpha value is -2.84. The summed E-state index contributed by atoms with van der Waals surface area (Å²) in [6.45, 7) is 3.92. The van der Waals surface area contributed by atoms with Gasteiger partial charge in [0.25, 0.3) is 11.7 Å². The molecule has 1 N–H and O–H groups in total. The van der Waals surface area contributed by atoms with Gasteiger partial charge in [0.05, 0.1) is 0 Å². The van der Waals surface area contributed by atoms with E-state index in [0.29, 0.717) is 22.3 Å². The van der Waals surface area contributed by atoms with E-state index < -0.39 is 0 Å². The lowest BCUT2D eigenvalue weighted by atomic mass is 10.1. The van der Waals surface area contributed by atoms with E-state index in [1.54, 1.807) is 16.3 Å². The molecule has 1 amide bonds. The summed E-state index contributed by atoms with van der Waals surface area (Å²) in [5.74, 6) is 1.05. The molecule has 0 aliphatic carbocycles. The van der Waals surface area contributed by atoms with E-state index in [1.165, 1.54) is 11.8 Å². The Balaban J connectivity index is 1.50. The highest BCUT2D eigenvalue weighted by Crippen LogP contribution is 2.24. The molecule has 8 heteroatoms. The standard InChI is InChI=1S/C22H21N5OS2/c1-14-12-15(2)27-21(23-14)25-22(26-27)30-13-16-6-4-5-7-19(16)20(28)24-17-8-10-18(29-3)11-9-17/h4-12H,13H2,1-3H3,(H,24,28). The SMILES string of the molecule is CSc1ccc(NC(=O)c2ccccc2CSc2nc3nc(C)cc(C)n3n2)cc1. The quantitative estimate of drug-likeness (QED) is 0.429. The number of hydrogen-bond donors (Lipinski definition) is 1. The number of anilines is 1. The molecule has 30 heavy (non-hydrogen) atoms. The second kappa shape index (κ2) is 8.89. The molecule has 2 aromatic carbocycles. The first kappa shape index (κ1) is 20.4. The van der Waals surface area contributed by atoms with Gasteiger partial charge in [0.2, 0.25) is 5.16 Å². The zero-order valence-corrected chi connectivity index (χ0v) is 18.5. The minimum Gasteiger partial charge on any atom is -0.322 e. The van der Waals surface area contributed by atoms with Crippen molar-refractivity contribution in [3.05, 3.63) is 77.1 Å². The number of aromatic nitrogens is 4. The van der Waals surface area contributed by atoms with Gasteiger partial charge < -0.3 is 5.32 Å². The van der Waals surface area contributed by atoms with Crippen LogP contribution in [0.5, 0.6) is 0 Å². The third kappa shape index (κ3) is 4.49. The van der Waals surface area contributed by atoms with Crippen LogP contribution in [0.1, 0.15) is 27.3 Å². The molecule has 4 aromatic rings. The topological polar surface area (TPSA) is 72.2 Å². The molecule has 0 saturated carbocycles. The van der Waals surface area contributed by atoms with Crippen molar-refractivity contribution in [1.29, 1.82) is 0 Å². The van der Waals surface area contributed by atoms with E-state index in [1.807, 2.05) is 74.7 Å². The molecule has 0 fully saturated rings. The number of nitrogens with zero attached hydrogens (tertiary/aromatic N) is 4. The summed E-state index contributed by atoms with van der Waals surface area (Å²) in [7, 11) is 0. The normalized spacial score (nSPS) is 11.0. The second-order valence-corrected chi connectivity index (χ2v) is 8.60. The highest BCUT2D eigenvalue weighted by Gasteiger charge is 2.14. The average Bonchev–Trinajstić information content (AvgIpc) is 3.16. The fourth-order valence-corrected chi connectivity index (χ4v) is 4.32. The smallest absolute Gasteiger partial charge is 0.255 e. The van der Waals surface area contributed by atoms with Crippen molar-refractivity contribution in [3.8, 4) is 0 Å². The zero-order chi connectivity index (χ0) is 21.1. The molecule has 152 valence electrons. The van der Waals surface area contributed by atoms with E-state index >= 15 is 0 Å². The molecule has 0 bridgehead atoms. The molecular weight excluding hydrogens is 414 g/mol. The molecular formula is C22H21N5OS2. The van der Waals surface area contributed by atoms with Gasteiger partial charge in [-0.25, -0.2) is 9.50 Å². The van der Waals surface area contributed by atoms with Crippen molar-refractivity contribution in [3.63, 3.8) is 0 Å². The average molecular weight is 436 g/mol. The van der Waals surface area contributed by atoms with Gasteiger partial charge >= 0.3 is 0 Å². The summed E-state index contributed by atoms with van der Waals surface area (Å²) in [5.41, 5.74) is 4.26. The number of carbonyl (C=O) groups excluding carboxylic acids is 1. The molecule has 0 spiro atoms. The number of amides is 1. The van der Waals surface area contributed by atoms with Crippen LogP contribution in [-0.4, -0.2) is 31.7 Å². The largest absolute Gasteiger partial charge is 0.322 e. The molecule has 0 aliphatic rings. The Bertz CT molecular complexity index is 1200. The van der Waals surface area contributed by atoms with Crippen LogP contribution in [0.2, 0.25) is 0 Å². The molecule has 2 aromatic heterocycles. The summed E-state index contributed by atoms with van der Waals surface area (Å²) in [5, 5.41) is 8.15. The third-order valence-corrected chi connectivity index (χ3v) is 6.20. The highest BCUT2D eigenvalue weighted by atomic mass is 32.2. The van der Waals surface area contributed by atoms with Crippen LogP contribution in [0, 0.1) is 13.8 Å². The van der Waals surface area contributed by atoms with Crippen molar-refractivity contribution in [2.75, 3.05) is 11.6 Å². The van der Waals surface area contributed by atoms with Crippen molar-refractivity contribution >= 4 is 40.9 Å². The van der Waals surface area contributed by atoms with Gasteiger partial charge in [-0.05, 0) is 62.1 Å². The number of benzene rings is 2. The fraction of sp³-hybridized carbons (Fsp3) is 0.182. The molecule has 0 aliphatic heterocycles. The first-order valence-electron chi connectivity index (χ1n) is 9.40. The molecule has 0 unspecified atom stereocenters. The zero-order valence-electron chi connectivity index (χ0n) is 16.9. The second-order valence-electron chi connectivity index (χ2n) is 6.77. The van der Waals surface area contributed by atoms with Crippen LogP contribution in [0.25, 0.3) is 5.78 Å². The summed E-state index contributed by atoms with van der Waals surface area (Å²) in [4.78, 5) is 22.9. The summed E-state index contributed by atoms with van der Waals surface area (Å²) >= 11 is 3.16. The van der Waals surface area contributed by atoms with E-state index in [4.69, 9.17) is 0 Å². The van der Waals surface area contributed by atoms with Crippen molar-refractivity contribution in [2.45, 2.75) is 29.7 Å². The number of fused-ring (bicyclic) bond motifs is 1. The van der Waals surface area contributed by atoms with Gasteiger partial charge in [-0.1, -0.05) is 30.0 Å². The predicted molar refractivity (Wildman–Crippen MR) is 122 cm³/mol. The minimum absolute atomic E-state index is 0.126. The maximum absolute atomic E-state index is 12.9. The van der Waals surface area contributed by atoms with E-state index in [2.05, 4.69) is 20.4 Å². The van der Waals surface area contributed by atoms with Gasteiger partial charge in [0.15, 0.2) is 0 Å². The van der Waals surface area contributed by atoms with E-state index in [0.717, 1.165) is 27.5 Å². The summed E-state index contributed by atoms with van der Waals surface area (Å²) in [6, 6.07) is 17.4. The van der Waals surface area contributed by atoms with Crippen LogP contribution in [0.15, 0.2) is 64.6 Å².